The maximum absolute atomic E-state index is 13.0. The third-order valence-electron chi connectivity index (χ3n) is 4.31. The molecule has 0 atom stereocenters. The van der Waals surface area contributed by atoms with Crippen molar-refractivity contribution in [3.63, 3.8) is 0 Å². The second-order valence-corrected chi connectivity index (χ2v) is 6.41. The lowest BCUT2D eigenvalue weighted by atomic mass is 10.1. The van der Waals surface area contributed by atoms with Crippen LogP contribution in [-0.2, 0) is 11.4 Å². The van der Waals surface area contributed by atoms with Crippen molar-refractivity contribution >= 4 is 23.2 Å². The van der Waals surface area contributed by atoms with Gasteiger partial charge in [-0.05, 0) is 48.0 Å². The third kappa shape index (κ3) is 4.35. The molecule has 0 spiro atoms. The van der Waals surface area contributed by atoms with Crippen molar-refractivity contribution < 1.29 is 23.5 Å². The highest BCUT2D eigenvalue weighted by molar-refractivity contribution is 6.07. The van der Waals surface area contributed by atoms with Crippen LogP contribution in [0.15, 0.2) is 66.7 Å². The van der Waals surface area contributed by atoms with Gasteiger partial charge in [0.2, 0.25) is 0 Å². The van der Waals surface area contributed by atoms with Crippen LogP contribution in [0.4, 0.5) is 15.8 Å². The van der Waals surface area contributed by atoms with E-state index in [4.69, 9.17) is 9.47 Å². The smallest absolute Gasteiger partial charge is 0.262 e. The van der Waals surface area contributed by atoms with Crippen molar-refractivity contribution in [1.29, 1.82) is 0 Å². The summed E-state index contributed by atoms with van der Waals surface area (Å²) in [6.07, 6.45) is 0. The quantitative estimate of drug-likeness (QED) is 0.688. The molecule has 4 rings (SSSR count). The van der Waals surface area contributed by atoms with Crippen molar-refractivity contribution in [1.82, 2.24) is 0 Å². The predicted molar refractivity (Wildman–Crippen MR) is 106 cm³/mol. The summed E-state index contributed by atoms with van der Waals surface area (Å²) in [4.78, 5) is 24.2. The van der Waals surface area contributed by atoms with Crippen LogP contribution >= 0.6 is 0 Å². The summed E-state index contributed by atoms with van der Waals surface area (Å²) in [6.45, 7) is 0.171. The van der Waals surface area contributed by atoms with E-state index in [1.165, 1.54) is 12.1 Å². The summed E-state index contributed by atoms with van der Waals surface area (Å²) in [5.74, 6) is 0.0259. The van der Waals surface area contributed by atoms with Gasteiger partial charge in [0.25, 0.3) is 11.8 Å². The van der Waals surface area contributed by atoms with Crippen LogP contribution < -0.4 is 20.1 Å². The summed E-state index contributed by atoms with van der Waals surface area (Å²) < 4.78 is 24.1. The summed E-state index contributed by atoms with van der Waals surface area (Å²) in [5, 5.41) is 5.49. The van der Waals surface area contributed by atoms with Crippen LogP contribution in [0.5, 0.6) is 11.5 Å². The standard InChI is InChI=1S/C22H17FN2O4/c23-15-7-5-14(6-8-15)12-28-19-4-2-1-3-17(19)22(27)24-16-9-10-20-18(11-16)25-21(26)13-29-20/h1-11H,12-13H2,(H,24,27)(H,25,26). The minimum Gasteiger partial charge on any atom is -0.488 e. The summed E-state index contributed by atoms with van der Waals surface area (Å²) in [6, 6.07) is 17.8. The maximum atomic E-state index is 13.0. The maximum Gasteiger partial charge on any atom is 0.262 e. The number of benzene rings is 3. The van der Waals surface area contributed by atoms with Crippen LogP contribution in [0.25, 0.3) is 0 Å². The minimum atomic E-state index is -0.359. The molecular weight excluding hydrogens is 375 g/mol. The molecule has 6 nitrogen and oxygen atoms in total. The zero-order chi connectivity index (χ0) is 20.2. The van der Waals surface area contributed by atoms with Crippen molar-refractivity contribution in [2.75, 3.05) is 17.2 Å². The number of halogens is 1. The fourth-order valence-electron chi connectivity index (χ4n) is 2.88. The Labute approximate surface area is 166 Å². The highest BCUT2D eigenvalue weighted by Crippen LogP contribution is 2.31. The fourth-order valence-corrected chi connectivity index (χ4v) is 2.88. The molecule has 0 saturated heterocycles. The first-order chi connectivity index (χ1) is 14.1. The minimum absolute atomic E-state index is 0.0303. The van der Waals surface area contributed by atoms with Crippen molar-refractivity contribution in [2.45, 2.75) is 6.61 Å². The number of rotatable bonds is 5. The van der Waals surface area contributed by atoms with Gasteiger partial charge in [0.1, 0.15) is 23.9 Å². The van der Waals surface area contributed by atoms with E-state index in [1.54, 1.807) is 54.6 Å². The number of hydrogen-bond acceptors (Lipinski definition) is 4. The zero-order valence-corrected chi connectivity index (χ0v) is 15.3. The number of anilines is 2. The lowest BCUT2D eigenvalue weighted by Gasteiger charge is -2.19. The number of fused-ring (bicyclic) bond motifs is 1. The van der Waals surface area contributed by atoms with Gasteiger partial charge in [-0.2, -0.15) is 0 Å². The first-order valence-corrected chi connectivity index (χ1v) is 8.93. The van der Waals surface area contributed by atoms with Crippen molar-refractivity contribution in [3.05, 3.63) is 83.7 Å². The monoisotopic (exact) mass is 392 g/mol. The van der Waals surface area contributed by atoms with Crippen LogP contribution in [0.1, 0.15) is 15.9 Å². The second-order valence-electron chi connectivity index (χ2n) is 6.41. The second kappa shape index (κ2) is 8.02. The van der Waals surface area contributed by atoms with Crippen molar-refractivity contribution in [3.8, 4) is 11.5 Å². The molecule has 0 radical (unpaired) electrons. The van der Waals surface area contributed by atoms with Gasteiger partial charge < -0.3 is 20.1 Å². The Balaban J connectivity index is 1.48. The Morgan fingerprint density at radius 3 is 2.72 bits per heavy atom. The highest BCUT2D eigenvalue weighted by Gasteiger charge is 2.18. The van der Waals surface area contributed by atoms with E-state index in [9.17, 15) is 14.0 Å². The number of carbonyl (C=O) groups excluding carboxylic acids is 2. The van der Waals surface area contributed by atoms with E-state index in [0.29, 0.717) is 28.4 Å². The number of amides is 2. The van der Waals surface area contributed by atoms with Crippen molar-refractivity contribution in [2.24, 2.45) is 0 Å². The zero-order valence-electron chi connectivity index (χ0n) is 15.3. The molecule has 0 aliphatic carbocycles. The number of para-hydroxylation sites is 1. The van der Waals surface area contributed by atoms with E-state index in [2.05, 4.69) is 10.6 Å². The molecule has 1 aliphatic heterocycles. The van der Waals surface area contributed by atoms with Gasteiger partial charge in [-0.15, -0.1) is 0 Å². The van der Waals surface area contributed by atoms with Crippen LogP contribution in [0.2, 0.25) is 0 Å². The summed E-state index contributed by atoms with van der Waals surface area (Å²) >= 11 is 0. The van der Waals surface area contributed by atoms with E-state index >= 15 is 0 Å². The van der Waals surface area contributed by atoms with E-state index < -0.39 is 0 Å². The lowest BCUT2D eigenvalue weighted by molar-refractivity contribution is -0.118. The van der Waals surface area contributed by atoms with Crippen LogP contribution in [-0.4, -0.2) is 18.4 Å². The summed E-state index contributed by atoms with van der Waals surface area (Å²) in [7, 11) is 0. The molecule has 29 heavy (non-hydrogen) atoms. The van der Waals surface area contributed by atoms with Gasteiger partial charge >= 0.3 is 0 Å². The van der Waals surface area contributed by atoms with Gasteiger partial charge in [-0.3, -0.25) is 9.59 Å². The molecular formula is C22H17FN2O4. The Morgan fingerprint density at radius 2 is 1.90 bits per heavy atom. The molecule has 2 N–H and O–H groups in total. The Kier molecular flexibility index (Phi) is 5.11. The molecule has 1 heterocycles. The highest BCUT2D eigenvalue weighted by atomic mass is 19.1. The average molecular weight is 392 g/mol. The van der Waals surface area contributed by atoms with Gasteiger partial charge in [0.05, 0.1) is 11.3 Å². The molecule has 146 valence electrons. The number of nitrogens with one attached hydrogen (secondary N) is 2. The largest absolute Gasteiger partial charge is 0.488 e. The van der Waals surface area contributed by atoms with Gasteiger partial charge in [-0.1, -0.05) is 24.3 Å². The fraction of sp³-hybridized carbons (Fsp3) is 0.0909. The third-order valence-corrected chi connectivity index (χ3v) is 4.31. The molecule has 3 aromatic carbocycles. The topological polar surface area (TPSA) is 76.7 Å². The van der Waals surface area contributed by atoms with Gasteiger partial charge in [0.15, 0.2) is 6.61 Å². The van der Waals surface area contributed by atoms with E-state index in [1.807, 2.05) is 0 Å². The normalized spacial score (nSPS) is 12.4. The first kappa shape index (κ1) is 18.5. The molecule has 0 saturated carbocycles. The Hall–Kier alpha value is -3.87. The summed E-state index contributed by atoms with van der Waals surface area (Å²) in [5.41, 5.74) is 2.15. The van der Waals surface area contributed by atoms with Crippen LogP contribution in [0, 0.1) is 5.82 Å². The molecule has 3 aromatic rings. The molecule has 1 aliphatic rings. The average Bonchev–Trinajstić information content (AvgIpc) is 2.73. The van der Waals surface area contributed by atoms with Crippen LogP contribution in [0.3, 0.4) is 0 Å². The van der Waals surface area contributed by atoms with Gasteiger partial charge in [-0.25, -0.2) is 4.39 Å². The Morgan fingerprint density at radius 1 is 1.10 bits per heavy atom. The van der Waals surface area contributed by atoms with Gasteiger partial charge in [0, 0.05) is 5.69 Å². The molecule has 0 unspecified atom stereocenters. The molecule has 2 amide bonds. The lowest BCUT2D eigenvalue weighted by Crippen LogP contribution is -2.25. The molecule has 0 fully saturated rings. The number of hydrogen-bond donors (Lipinski definition) is 2. The predicted octanol–water partition coefficient (Wildman–Crippen LogP) is 3.99. The molecule has 0 bridgehead atoms. The van der Waals surface area contributed by atoms with E-state index in [0.717, 1.165) is 5.56 Å². The van der Waals surface area contributed by atoms with E-state index in [-0.39, 0.29) is 30.8 Å². The molecule has 7 heteroatoms. The first-order valence-electron chi connectivity index (χ1n) is 8.93. The Bertz CT molecular complexity index is 1070. The number of carbonyl (C=O) groups is 2. The number of ether oxygens (including phenoxy) is 2. The molecule has 0 aromatic heterocycles. The SMILES string of the molecule is O=C1COc2ccc(NC(=O)c3ccccc3OCc3ccc(F)cc3)cc2N1.